The summed E-state index contributed by atoms with van der Waals surface area (Å²) in [5.41, 5.74) is 1.24. The van der Waals surface area contributed by atoms with Crippen molar-refractivity contribution in [2.24, 2.45) is 11.8 Å². The van der Waals surface area contributed by atoms with E-state index < -0.39 is 0 Å². The zero-order chi connectivity index (χ0) is 14.3. The van der Waals surface area contributed by atoms with Gasteiger partial charge in [0.2, 0.25) is 0 Å². The molecule has 4 unspecified atom stereocenters. The quantitative estimate of drug-likeness (QED) is 0.690. The number of hydrogen-bond acceptors (Lipinski definition) is 2. The maximum Gasteiger partial charge on any atom is 0.0800 e. The van der Waals surface area contributed by atoms with Gasteiger partial charge >= 0.3 is 0 Å². The summed E-state index contributed by atoms with van der Waals surface area (Å²) in [6.45, 7) is 9.62. The fourth-order valence-electron chi connectivity index (χ4n) is 2.39. The van der Waals surface area contributed by atoms with Gasteiger partial charge in [-0.05, 0) is 37.7 Å². The van der Waals surface area contributed by atoms with Crippen LogP contribution in [0.15, 0.2) is 30.3 Å². The highest BCUT2D eigenvalue weighted by Crippen LogP contribution is 2.23. The Morgan fingerprint density at radius 2 is 1.58 bits per heavy atom. The van der Waals surface area contributed by atoms with E-state index in [2.05, 4.69) is 52.0 Å². The normalized spacial score (nSPS) is 17.7. The smallest absolute Gasteiger partial charge is 0.0800 e. The van der Waals surface area contributed by atoms with Crippen molar-refractivity contribution in [2.45, 2.75) is 46.3 Å². The van der Waals surface area contributed by atoms with Crippen molar-refractivity contribution in [3.8, 4) is 0 Å². The van der Waals surface area contributed by atoms with Gasteiger partial charge in [0, 0.05) is 13.7 Å². The van der Waals surface area contributed by atoms with Crippen molar-refractivity contribution in [2.75, 3.05) is 13.7 Å². The minimum absolute atomic E-state index is 0.154. The van der Waals surface area contributed by atoms with E-state index in [-0.39, 0.29) is 12.2 Å². The molecule has 0 aliphatic carbocycles. The molecule has 0 saturated heterocycles. The second-order valence-electron chi connectivity index (χ2n) is 5.65. The first-order valence-corrected chi connectivity index (χ1v) is 7.24. The molecule has 0 fully saturated rings. The Morgan fingerprint density at radius 3 is 2.16 bits per heavy atom. The van der Waals surface area contributed by atoms with Crippen molar-refractivity contribution in [1.82, 2.24) is 0 Å². The summed E-state index contributed by atoms with van der Waals surface area (Å²) in [6.07, 6.45) is 1.49. The van der Waals surface area contributed by atoms with E-state index >= 15 is 0 Å². The zero-order valence-corrected chi connectivity index (χ0v) is 12.9. The monoisotopic (exact) mass is 264 g/mol. The summed E-state index contributed by atoms with van der Waals surface area (Å²) in [4.78, 5) is 0. The van der Waals surface area contributed by atoms with Crippen LogP contribution in [0.3, 0.4) is 0 Å². The predicted octanol–water partition coefficient (Wildman–Crippen LogP) is 4.46. The molecule has 0 saturated carbocycles. The van der Waals surface area contributed by atoms with Crippen molar-refractivity contribution in [1.29, 1.82) is 0 Å². The van der Waals surface area contributed by atoms with Crippen LogP contribution in [0.2, 0.25) is 0 Å². The highest BCUT2D eigenvalue weighted by Gasteiger charge is 2.17. The number of ether oxygens (including phenoxy) is 2. The summed E-state index contributed by atoms with van der Waals surface area (Å²) in [6, 6.07) is 10.4. The van der Waals surface area contributed by atoms with Crippen LogP contribution in [0.5, 0.6) is 0 Å². The lowest BCUT2D eigenvalue weighted by Gasteiger charge is -2.25. The molecule has 108 valence electrons. The molecule has 0 radical (unpaired) electrons. The Balaban J connectivity index is 2.40. The average Bonchev–Trinajstić information content (AvgIpc) is 2.39. The largest absolute Gasteiger partial charge is 0.384 e. The summed E-state index contributed by atoms with van der Waals surface area (Å²) < 4.78 is 11.3. The van der Waals surface area contributed by atoms with Crippen LogP contribution in [0.25, 0.3) is 0 Å². The highest BCUT2D eigenvalue weighted by atomic mass is 16.5. The van der Waals surface area contributed by atoms with E-state index in [4.69, 9.17) is 9.47 Å². The first kappa shape index (κ1) is 16.2. The molecule has 1 aromatic carbocycles. The van der Waals surface area contributed by atoms with E-state index in [0.29, 0.717) is 11.8 Å². The molecule has 0 bridgehead atoms. The molecule has 4 atom stereocenters. The van der Waals surface area contributed by atoms with E-state index in [1.165, 1.54) is 5.56 Å². The lowest BCUT2D eigenvalue weighted by Crippen LogP contribution is -2.21. The lowest BCUT2D eigenvalue weighted by atomic mass is 9.91. The van der Waals surface area contributed by atoms with Gasteiger partial charge in [0.05, 0.1) is 12.2 Å². The molecule has 0 heterocycles. The van der Waals surface area contributed by atoms with Crippen molar-refractivity contribution < 1.29 is 9.47 Å². The van der Waals surface area contributed by atoms with Gasteiger partial charge in [0.25, 0.3) is 0 Å². The van der Waals surface area contributed by atoms with Crippen molar-refractivity contribution in [3.05, 3.63) is 35.9 Å². The molecule has 1 rings (SSSR count). The lowest BCUT2D eigenvalue weighted by molar-refractivity contribution is -0.0114. The van der Waals surface area contributed by atoms with E-state index in [0.717, 1.165) is 13.0 Å². The molecule has 0 amide bonds. The summed E-state index contributed by atoms with van der Waals surface area (Å²) in [5.74, 6) is 1.18. The van der Waals surface area contributed by atoms with Gasteiger partial charge in [-0.15, -0.1) is 0 Å². The maximum atomic E-state index is 6.09. The number of hydrogen-bond donors (Lipinski definition) is 0. The third-order valence-corrected chi connectivity index (χ3v) is 3.81. The molecular formula is C17H28O2. The standard InChI is InChI=1S/C17H28O2/c1-13(14(2)12-18-5)11-15(3)19-16(4)17-9-7-6-8-10-17/h6-10,13-16H,11-12H2,1-5H3. The molecule has 0 N–H and O–H groups in total. The van der Waals surface area contributed by atoms with Crippen LogP contribution in [-0.4, -0.2) is 19.8 Å². The van der Waals surface area contributed by atoms with Crippen LogP contribution >= 0.6 is 0 Å². The van der Waals surface area contributed by atoms with Gasteiger partial charge in [0.15, 0.2) is 0 Å². The second kappa shape index (κ2) is 8.34. The summed E-state index contributed by atoms with van der Waals surface area (Å²) >= 11 is 0. The van der Waals surface area contributed by atoms with E-state index in [1.807, 2.05) is 6.07 Å². The van der Waals surface area contributed by atoms with Crippen LogP contribution in [0.4, 0.5) is 0 Å². The summed E-state index contributed by atoms with van der Waals surface area (Å²) in [7, 11) is 1.76. The van der Waals surface area contributed by atoms with Crippen LogP contribution in [0.1, 0.15) is 45.8 Å². The maximum absolute atomic E-state index is 6.09. The highest BCUT2D eigenvalue weighted by molar-refractivity contribution is 5.16. The predicted molar refractivity (Wildman–Crippen MR) is 80.2 cm³/mol. The third-order valence-electron chi connectivity index (χ3n) is 3.81. The molecule has 0 aliphatic rings. The van der Waals surface area contributed by atoms with Crippen molar-refractivity contribution in [3.63, 3.8) is 0 Å². The van der Waals surface area contributed by atoms with Gasteiger partial charge in [-0.1, -0.05) is 44.2 Å². The first-order valence-electron chi connectivity index (χ1n) is 7.24. The Hall–Kier alpha value is -0.860. The van der Waals surface area contributed by atoms with Gasteiger partial charge in [0.1, 0.15) is 0 Å². The SMILES string of the molecule is COCC(C)C(C)CC(C)OC(C)c1ccccc1. The molecule has 1 aromatic rings. The zero-order valence-electron chi connectivity index (χ0n) is 12.9. The molecule has 19 heavy (non-hydrogen) atoms. The Labute approximate surface area is 118 Å². The van der Waals surface area contributed by atoms with Crippen LogP contribution < -0.4 is 0 Å². The van der Waals surface area contributed by atoms with Gasteiger partial charge < -0.3 is 9.47 Å². The molecule has 2 heteroatoms. The van der Waals surface area contributed by atoms with Gasteiger partial charge in [-0.2, -0.15) is 0 Å². The van der Waals surface area contributed by atoms with E-state index in [9.17, 15) is 0 Å². The second-order valence-corrected chi connectivity index (χ2v) is 5.65. The average molecular weight is 264 g/mol. The van der Waals surface area contributed by atoms with Crippen molar-refractivity contribution >= 4 is 0 Å². The fraction of sp³-hybridized carbons (Fsp3) is 0.647. The van der Waals surface area contributed by atoms with Gasteiger partial charge in [-0.25, -0.2) is 0 Å². The minimum Gasteiger partial charge on any atom is -0.384 e. The number of benzene rings is 1. The molecule has 0 spiro atoms. The molecule has 0 aromatic heterocycles. The van der Waals surface area contributed by atoms with E-state index in [1.54, 1.807) is 7.11 Å². The summed E-state index contributed by atoms with van der Waals surface area (Å²) in [5, 5.41) is 0. The Bertz CT molecular complexity index is 336. The minimum atomic E-state index is 0.154. The van der Waals surface area contributed by atoms with Crippen LogP contribution in [0, 0.1) is 11.8 Å². The number of methoxy groups -OCH3 is 1. The fourth-order valence-corrected chi connectivity index (χ4v) is 2.39. The topological polar surface area (TPSA) is 18.5 Å². The Kier molecular flexibility index (Phi) is 7.11. The van der Waals surface area contributed by atoms with Gasteiger partial charge in [-0.3, -0.25) is 0 Å². The molecule has 0 aliphatic heterocycles. The third kappa shape index (κ3) is 5.75. The number of rotatable bonds is 8. The van der Waals surface area contributed by atoms with Crippen LogP contribution in [-0.2, 0) is 9.47 Å². The molecule has 2 nitrogen and oxygen atoms in total. The molecular weight excluding hydrogens is 236 g/mol. The first-order chi connectivity index (χ1) is 9.04. The Morgan fingerprint density at radius 1 is 0.947 bits per heavy atom.